The van der Waals surface area contributed by atoms with Crippen molar-refractivity contribution in [1.29, 1.82) is 0 Å². The van der Waals surface area contributed by atoms with Crippen LogP contribution in [0.25, 0.3) is 0 Å². The van der Waals surface area contributed by atoms with E-state index in [4.69, 9.17) is 30.5 Å². The molecule has 6 nitrogen and oxygen atoms in total. The monoisotopic (exact) mass is 463 g/mol. The third kappa shape index (κ3) is 4.92. The highest BCUT2D eigenvalue weighted by atomic mass is 35.5. The minimum absolute atomic E-state index is 0.0194. The summed E-state index contributed by atoms with van der Waals surface area (Å²) in [6.07, 6.45) is 2.70. The molecule has 0 saturated carbocycles. The van der Waals surface area contributed by atoms with Crippen LogP contribution in [0.15, 0.2) is 36.4 Å². The Morgan fingerprint density at radius 2 is 1.31 bits per heavy atom. The number of nitrogens with zero attached hydrogens (tertiary/aromatic N) is 1. The van der Waals surface area contributed by atoms with Gasteiger partial charge in [0.05, 0.1) is 28.4 Å². The maximum atomic E-state index is 12.4. The lowest BCUT2D eigenvalue weighted by Gasteiger charge is -2.42. The first-order valence-electron chi connectivity index (χ1n) is 11.0. The smallest absolute Gasteiger partial charge is 0.161 e. The van der Waals surface area contributed by atoms with E-state index in [0.717, 1.165) is 50.0 Å². The Hall–Kier alpha value is -2.15. The highest BCUT2D eigenvalue weighted by molar-refractivity contribution is 6.17. The van der Waals surface area contributed by atoms with Crippen LogP contribution in [0.3, 0.4) is 0 Å². The number of methoxy groups -OCH3 is 4. The van der Waals surface area contributed by atoms with E-state index >= 15 is 0 Å². The number of piperidine rings is 1. The fourth-order valence-electron chi connectivity index (χ4n) is 4.64. The number of likely N-dealkylation sites (tertiary alicyclic amines) is 1. The van der Waals surface area contributed by atoms with Gasteiger partial charge in [0.2, 0.25) is 0 Å². The van der Waals surface area contributed by atoms with Gasteiger partial charge in [0.15, 0.2) is 23.0 Å². The summed E-state index contributed by atoms with van der Waals surface area (Å²) in [7, 11) is 6.42. The van der Waals surface area contributed by atoms with E-state index in [1.54, 1.807) is 28.4 Å². The molecular formula is C25H34ClNO5. The first kappa shape index (κ1) is 24.5. The van der Waals surface area contributed by atoms with E-state index < -0.39 is 5.60 Å². The van der Waals surface area contributed by atoms with Crippen molar-refractivity contribution in [3.63, 3.8) is 0 Å². The van der Waals surface area contributed by atoms with Crippen LogP contribution in [0.5, 0.6) is 23.0 Å². The molecule has 0 aromatic heterocycles. The molecule has 3 rings (SSSR count). The number of alkyl halides is 1. The molecule has 1 aliphatic heterocycles. The second-order valence-electron chi connectivity index (χ2n) is 8.06. The standard InChI is InChI=1S/C25H34ClNO5/c1-29-21-8-6-19(16-23(21)31-3)25(28,18-10-14-27(15-11-18)13-5-12-26)20-7-9-22(30-2)24(17-20)32-4/h6-9,16-18,28H,5,10-15H2,1-4H3. The van der Waals surface area contributed by atoms with Crippen molar-refractivity contribution >= 4 is 11.6 Å². The van der Waals surface area contributed by atoms with Gasteiger partial charge in [-0.25, -0.2) is 0 Å². The van der Waals surface area contributed by atoms with Crippen LogP contribution in [0, 0.1) is 5.92 Å². The lowest BCUT2D eigenvalue weighted by atomic mass is 9.72. The molecule has 0 amide bonds. The Morgan fingerprint density at radius 3 is 1.72 bits per heavy atom. The van der Waals surface area contributed by atoms with Gasteiger partial charge in [-0.2, -0.15) is 0 Å². The summed E-state index contributed by atoms with van der Waals surface area (Å²) >= 11 is 5.88. The zero-order valence-electron chi connectivity index (χ0n) is 19.4. The van der Waals surface area contributed by atoms with Crippen LogP contribution in [-0.2, 0) is 5.60 Å². The Bertz CT molecular complexity index is 827. The van der Waals surface area contributed by atoms with Crippen LogP contribution < -0.4 is 18.9 Å². The lowest BCUT2D eigenvalue weighted by molar-refractivity contribution is -0.0144. The molecule has 1 fully saturated rings. The molecule has 1 heterocycles. The maximum Gasteiger partial charge on any atom is 0.161 e. The summed E-state index contributed by atoms with van der Waals surface area (Å²) in [6, 6.07) is 11.3. The average molecular weight is 464 g/mol. The Morgan fingerprint density at radius 1 is 0.844 bits per heavy atom. The van der Waals surface area contributed by atoms with Gasteiger partial charge >= 0.3 is 0 Å². The number of aliphatic hydroxyl groups is 1. The largest absolute Gasteiger partial charge is 0.493 e. The number of hydrogen-bond donors (Lipinski definition) is 1. The molecule has 32 heavy (non-hydrogen) atoms. The van der Waals surface area contributed by atoms with Crippen molar-refractivity contribution in [3.8, 4) is 23.0 Å². The highest BCUT2D eigenvalue weighted by Gasteiger charge is 2.42. The van der Waals surface area contributed by atoms with Gasteiger partial charge in [-0.15, -0.1) is 11.6 Å². The highest BCUT2D eigenvalue weighted by Crippen LogP contribution is 2.46. The van der Waals surface area contributed by atoms with Crippen LogP contribution in [0.4, 0.5) is 0 Å². The molecule has 0 bridgehead atoms. The van der Waals surface area contributed by atoms with Crippen molar-refractivity contribution < 1.29 is 24.1 Å². The molecular weight excluding hydrogens is 430 g/mol. The topological polar surface area (TPSA) is 60.4 Å². The normalized spacial score (nSPS) is 15.4. The van der Waals surface area contributed by atoms with E-state index in [2.05, 4.69) is 4.90 Å². The molecule has 0 radical (unpaired) electrons. The third-order valence-electron chi connectivity index (χ3n) is 6.43. The van der Waals surface area contributed by atoms with E-state index in [0.29, 0.717) is 28.9 Å². The number of benzene rings is 2. The fraction of sp³-hybridized carbons (Fsp3) is 0.520. The van der Waals surface area contributed by atoms with E-state index in [9.17, 15) is 5.11 Å². The number of halogens is 1. The molecule has 0 aliphatic carbocycles. The van der Waals surface area contributed by atoms with Gasteiger partial charge in [-0.1, -0.05) is 12.1 Å². The molecule has 7 heteroatoms. The maximum absolute atomic E-state index is 12.4. The van der Waals surface area contributed by atoms with Crippen LogP contribution in [0.1, 0.15) is 30.4 Å². The summed E-state index contributed by atoms with van der Waals surface area (Å²) in [4.78, 5) is 2.42. The van der Waals surface area contributed by atoms with Gasteiger partial charge < -0.3 is 29.0 Å². The third-order valence-corrected chi connectivity index (χ3v) is 6.70. The predicted octanol–water partition coefficient (Wildman–Crippen LogP) is 4.30. The summed E-state index contributed by atoms with van der Waals surface area (Å²) in [6.45, 7) is 2.83. The van der Waals surface area contributed by atoms with Gasteiger partial charge in [-0.05, 0) is 80.2 Å². The second kappa shape index (κ2) is 11.1. The minimum atomic E-state index is -1.22. The van der Waals surface area contributed by atoms with Gasteiger partial charge in [0.25, 0.3) is 0 Å². The van der Waals surface area contributed by atoms with E-state index in [1.807, 2.05) is 36.4 Å². The molecule has 1 N–H and O–H groups in total. The first-order valence-corrected chi connectivity index (χ1v) is 11.5. The number of hydrogen-bond acceptors (Lipinski definition) is 6. The minimum Gasteiger partial charge on any atom is -0.493 e. The van der Waals surface area contributed by atoms with Crippen molar-refractivity contribution in [3.05, 3.63) is 47.5 Å². The quantitative estimate of drug-likeness (QED) is 0.530. The molecule has 176 valence electrons. The molecule has 0 atom stereocenters. The second-order valence-corrected chi connectivity index (χ2v) is 8.44. The van der Waals surface area contributed by atoms with Crippen molar-refractivity contribution in [2.45, 2.75) is 24.9 Å². The Balaban J connectivity index is 2.04. The van der Waals surface area contributed by atoms with Gasteiger partial charge in [0, 0.05) is 5.88 Å². The first-order chi connectivity index (χ1) is 15.5. The van der Waals surface area contributed by atoms with Crippen LogP contribution >= 0.6 is 11.6 Å². The van der Waals surface area contributed by atoms with Gasteiger partial charge in [0.1, 0.15) is 5.60 Å². The van der Waals surface area contributed by atoms with Crippen molar-refractivity contribution in [1.82, 2.24) is 4.90 Å². The SMILES string of the molecule is COc1ccc(C(O)(c2ccc(OC)c(OC)c2)C2CCN(CCCCl)CC2)cc1OC. The zero-order valence-corrected chi connectivity index (χ0v) is 20.2. The summed E-state index contributed by atoms with van der Waals surface area (Å²) in [5.74, 6) is 3.11. The van der Waals surface area contributed by atoms with Crippen LogP contribution in [0.2, 0.25) is 0 Å². The predicted molar refractivity (Wildman–Crippen MR) is 127 cm³/mol. The molecule has 0 spiro atoms. The number of rotatable bonds is 10. The van der Waals surface area contributed by atoms with E-state index in [-0.39, 0.29) is 5.92 Å². The summed E-state index contributed by atoms with van der Waals surface area (Å²) in [5.41, 5.74) is 0.306. The molecule has 2 aromatic rings. The van der Waals surface area contributed by atoms with Gasteiger partial charge in [-0.3, -0.25) is 0 Å². The lowest BCUT2D eigenvalue weighted by Crippen LogP contribution is -2.44. The fourth-order valence-corrected chi connectivity index (χ4v) is 4.76. The Labute approximate surface area is 196 Å². The molecule has 1 saturated heterocycles. The number of ether oxygens (including phenoxy) is 4. The van der Waals surface area contributed by atoms with Crippen molar-refractivity contribution in [2.75, 3.05) is 54.0 Å². The van der Waals surface area contributed by atoms with Crippen LogP contribution in [-0.4, -0.2) is 64.0 Å². The summed E-state index contributed by atoms with van der Waals surface area (Å²) < 4.78 is 21.9. The average Bonchev–Trinajstić information content (AvgIpc) is 2.86. The molecule has 0 unspecified atom stereocenters. The molecule has 1 aliphatic rings. The zero-order chi connectivity index (χ0) is 23.1. The van der Waals surface area contributed by atoms with E-state index in [1.165, 1.54) is 0 Å². The summed E-state index contributed by atoms with van der Waals surface area (Å²) in [5, 5.41) is 12.4. The molecule has 2 aromatic carbocycles. The van der Waals surface area contributed by atoms with Crippen molar-refractivity contribution in [2.24, 2.45) is 5.92 Å². The Kier molecular flexibility index (Phi) is 8.51.